The van der Waals surface area contributed by atoms with Crippen LogP contribution in [0.2, 0.25) is 0 Å². The van der Waals surface area contributed by atoms with E-state index >= 15 is 0 Å². The highest BCUT2D eigenvalue weighted by atomic mass is 16.5. The predicted octanol–water partition coefficient (Wildman–Crippen LogP) is 2.54. The van der Waals surface area contributed by atoms with Gasteiger partial charge in [-0.15, -0.1) is 0 Å². The number of fused-ring (bicyclic) bond motifs is 3. The maximum Gasteiger partial charge on any atom is 0.333 e. The number of anilines is 1. The van der Waals surface area contributed by atoms with Gasteiger partial charge in [-0.2, -0.15) is 0 Å². The summed E-state index contributed by atoms with van der Waals surface area (Å²) in [7, 11) is 6.83. The van der Waals surface area contributed by atoms with E-state index < -0.39 is 0 Å². The zero-order valence-electron chi connectivity index (χ0n) is 15.5. The molecule has 6 heteroatoms. The summed E-state index contributed by atoms with van der Waals surface area (Å²) in [5, 5.41) is 3.62. The Morgan fingerprint density at radius 2 is 2.00 bits per heavy atom. The lowest BCUT2D eigenvalue weighted by Gasteiger charge is -2.30. The fraction of sp³-hybridized carbons (Fsp3) is 0.526. The fourth-order valence-electron chi connectivity index (χ4n) is 4.05. The Balaban J connectivity index is 2.04. The maximum absolute atomic E-state index is 11.7. The Labute approximate surface area is 148 Å². The maximum atomic E-state index is 11.7. The van der Waals surface area contributed by atoms with Crippen LogP contribution in [0.1, 0.15) is 25.3 Å². The standard InChI is InChI=1S/C19H26N2O4/c1-12(17(22)25-5)6-7-19-8-9-21(2)18(19)20-14-11-16(24-4)15(23-3)10-13(14)19/h6,10-11,18,20H,7-9H2,1-5H3/b12-6+/t18-,19-/m0/s1. The minimum atomic E-state index is -0.280. The first-order chi connectivity index (χ1) is 12.0. The molecule has 1 aromatic rings. The number of nitrogens with one attached hydrogen (secondary N) is 1. The van der Waals surface area contributed by atoms with Gasteiger partial charge in [0, 0.05) is 29.3 Å². The normalized spacial score (nSPS) is 25.2. The van der Waals surface area contributed by atoms with Crippen LogP contribution in [0.5, 0.6) is 11.5 Å². The molecule has 0 radical (unpaired) electrons. The van der Waals surface area contributed by atoms with Gasteiger partial charge in [-0.1, -0.05) is 6.08 Å². The van der Waals surface area contributed by atoms with Crippen molar-refractivity contribution in [2.24, 2.45) is 0 Å². The molecule has 2 aliphatic heterocycles. The van der Waals surface area contributed by atoms with Crippen molar-refractivity contribution in [2.75, 3.05) is 40.2 Å². The zero-order valence-corrected chi connectivity index (χ0v) is 15.5. The molecule has 1 aromatic carbocycles. The number of hydrogen-bond acceptors (Lipinski definition) is 6. The number of nitrogens with zero attached hydrogens (tertiary/aromatic N) is 1. The minimum Gasteiger partial charge on any atom is -0.493 e. The fourth-order valence-corrected chi connectivity index (χ4v) is 4.05. The Morgan fingerprint density at radius 3 is 2.64 bits per heavy atom. The highest BCUT2D eigenvalue weighted by Crippen LogP contribution is 2.53. The predicted molar refractivity (Wildman–Crippen MR) is 96.3 cm³/mol. The number of likely N-dealkylation sites (tertiary alicyclic amines) is 1. The minimum absolute atomic E-state index is 0.0983. The summed E-state index contributed by atoms with van der Waals surface area (Å²) in [6.45, 7) is 2.80. The molecule has 0 bridgehead atoms. The average Bonchev–Trinajstić information content (AvgIpc) is 3.12. The summed E-state index contributed by atoms with van der Waals surface area (Å²) in [5.74, 6) is 1.16. The van der Waals surface area contributed by atoms with Gasteiger partial charge in [0.05, 0.1) is 27.5 Å². The van der Waals surface area contributed by atoms with Crippen LogP contribution in [0.3, 0.4) is 0 Å². The Bertz CT molecular complexity index is 716. The number of carbonyl (C=O) groups is 1. The van der Waals surface area contributed by atoms with Crippen molar-refractivity contribution in [1.82, 2.24) is 4.90 Å². The van der Waals surface area contributed by atoms with Gasteiger partial charge in [0.1, 0.15) is 0 Å². The number of allylic oxidation sites excluding steroid dienone is 1. The summed E-state index contributed by atoms with van der Waals surface area (Å²) in [4.78, 5) is 14.1. The number of methoxy groups -OCH3 is 3. The van der Waals surface area contributed by atoms with E-state index in [4.69, 9.17) is 14.2 Å². The van der Waals surface area contributed by atoms with Crippen LogP contribution in [0.4, 0.5) is 5.69 Å². The van der Waals surface area contributed by atoms with Crippen molar-refractivity contribution in [2.45, 2.75) is 31.3 Å². The molecule has 0 saturated carbocycles. The monoisotopic (exact) mass is 346 g/mol. The van der Waals surface area contributed by atoms with Crippen LogP contribution >= 0.6 is 0 Å². The number of benzene rings is 1. The van der Waals surface area contributed by atoms with Crippen molar-refractivity contribution in [3.63, 3.8) is 0 Å². The third kappa shape index (κ3) is 2.74. The van der Waals surface area contributed by atoms with Crippen LogP contribution in [0, 0.1) is 0 Å². The van der Waals surface area contributed by atoms with E-state index in [0.717, 1.165) is 30.8 Å². The largest absolute Gasteiger partial charge is 0.493 e. The van der Waals surface area contributed by atoms with Crippen LogP contribution in [0.25, 0.3) is 0 Å². The van der Waals surface area contributed by atoms with E-state index in [2.05, 4.69) is 23.3 Å². The molecule has 0 unspecified atom stereocenters. The molecule has 0 spiro atoms. The van der Waals surface area contributed by atoms with Crippen molar-refractivity contribution >= 4 is 11.7 Å². The van der Waals surface area contributed by atoms with E-state index in [1.54, 1.807) is 21.1 Å². The number of rotatable bonds is 5. The molecule has 2 aliphatic rings. The van der Waals surface area contributed by atoms with Crippen molar-refractivity contribution in [3.05, 3.63) is 29.3 Å². The molecular weight excluding hydrogens is 320 g/mol. The lowest BCUT2D eigenvalue weighted by molar-refractivity contribution is -0.136. The average molecular weight is 346 g/mol. The molecule has 2 atom stereocenters. The first-order valence-electron chi connectivity index (χ1n) is 8.45. The van der Waals surface area contributed by atoms with Crippen LogP contribution in [0.15, 0.2) is 23.8 Å². The second-order valence-corrected chi connectivity index (χ2v) is 6.77. The van der Waals surface area contributed by atoms with Gasteiger partial charge in [-0.25, -0.2) is 4.79 Å². The summed E-state index contributed by atoms with van der Waals surface area (Å²) in [5.41, 5.74) is 2.82. The summed E-state index contributed by atoms with van der Waals surface area (Å²) in [6.07, 6.45) is 3.94. The van der Waals surface area contributed by atoms with E-state index in [9.17, 15) is 4.79 Å². The molecule has 136 valence electrons. The number of likely N-dealkylation sites (N-methyl/N-ethyl adjacent to an activating group) is 1. The highest BCUT2D eigenvalue weighted by Gasteiger charge is 2.52. The molecule has 0 aliphatic carbocycles. The number of carbonyl (C=O) groups excluding carboxylic acids is 1. The van der Waals surface area contributed by atoms with Crippen LogP contribution in [-0.2, 0) is 14.9 Å². The number of ether oxygens (including phenoxy) is 3. The third-order valence-corrected chi connectivity index (χ3v) is 5.51. The van der Waals surface area contributed by atoms with E-state index in [-0.39, 0.29) is 17.6 Å². The molecule has 1 N–H and O–H groups in total. The van der Waals surface area contributed by atoms with Gasteiger partial charge in [-0.05, 0) is 38.4 Å². The van der Waals surface area contributed by atoms with Crippen molar-refractivity contribution in [3.8, 4) is 11.5 Å². The molecule has 1 saturated heterocycles. The Morgan fingerprint density at radius 1 is 1.32 bits per heavy atom. The van der Waals surface area contributed by atoms with Crippen molar-refractivity contribution < 1.29 is 19.0 Å². The van der Waals surface area contributed by atoms with Gasteiger partial charge in [0.2, 0.25) is 0 Å². The summed E-state index contributed by atoms with van der Waals surface area (Å²) < 4.78 is 15.8. The molecule has 25 heavy (non-hydrogen) atoms. The Kier molecular flexibility index (Phi) is 4.64. The number of hydrogen-bond donors (Lipinski definition) is 1. The van der Waals surface area contributed by atoms with E-state index in [0.29, 0.717) is 11.3 Å². The lowest BCUT2D eigenvalue weighted by atomic mass is 9.76. The smallest absolute Gasteiger partial charge is 0.333 e. The molecule has 3 rings (SSSR count). The first kappa shape index (κ1) is 17.6. The van der Waals surface area contributed by atoms with Gasteiger partial charge in [0.15, 0.2) is 11.5 Å². The molecule has 6 nitrogen and oxygen atoms in total. The summed E-state index contributed by atoms with van der Waals surface area (Å²) in [6, 6.07) is 4.07. The second-order valence-electron chi connectivity index (χ2n) is 6.77. The van der Waals surface area contributed by atoms with E-state index in [1.165, 1.54) is 12.7 Å². The number of esters is 1. The summed E-state index contributed by atoms with van der Waals surface area (Å²) >= 11 is 0. The Hall–Kier alpha value is -2.21. The van der Waals surface area contributed by atoms with Crippen LogP contribution < -0.4 is 14.8 Å². The molecule has 1 fully saturated rings. The lowest BCUT2D eigenvalue weighted by Crippen LogP contribution is -2.41. The van der Waals surface area contributed by atoms with E-state index in [1.807, 2.05) is 12.1 Å². The second kappa shape index (κ2) is 6.59. The van der Waals surface area contributed by atoms with Gasteiger partial charge < -0.3 is 19.5 Å². The first-order valence-corrected chi connectivity index (χ1v) is 8.45. The quantitative estimate of drug-likeness (QED) is 0.653. The molecular formula is C19H26N2O4. The topological polar surface area (TPSA) is 60.0 Å². The third-order valence-electron chi connectivity index (χ3n) is 5.51. The SMILES string of the molecule is COC(=O)/C(C)=C/C[C@@]12CCN(C)[C@@H]1Nc1cc(OC)c(OC)cc12. The molecule has 0 amide bonds. The van der Waals surface area contributed by atoms with Gasteiger partial charge in [-0.3, -0.25) is 4.90 Å². The molecule has 0 aromatic heterocycles. The van der Waals surface area contributed by atoms with Gasteiger partial charge in [0.25, 0.3) is 0 Å². The molecule has 2 heterocycles. The van der Waals surface area contributed by atoms with Gasteiger partial charge >= 0.3 is 5.97 Å². The highest BCUT2D eigenvalue weighted by molar-refractivity contribution is 5.87. The zero-order chi connectivity index (χ0) is 18.2. The van der Waals surface area contributed by atoms with Crippen molar-refractivity contribution in [1.29, 1.82) is 0 Å². The van der Waals surface area contributed by atoms with Crippen LogP contribution in [-0.4, -0.2) is 52.0 Å².